The Hall–Kier alpha value is -0.930. The SMILES string of the molecule is NCCc1ccccc1CC1(F)CCOC1. The Kier molecular flexibility index (Phi) is 3.56. The molecule has 1 fully saturated rings. The topological polar surface area (TPSA) is 35.2 Å². The van der Waals surface area contributed by atoms with Crippen LogP contribution in [0.25, 0.3) is 0 Å². The van der Waals surface area contributed by atoms with Crippen LogP contribution >= 0.6 is 0 Å². The van der Waals surface area contributed by atoms with Gasteiger partial charge in [0.05, 0.1) is 6.61 Å². The number of hydrogen-bond donors (Lipinski definition) is 1. The molecule has 0 aromatic heterocycles. The molecule has 16 heavy (non-hydrogen) atoms. The summed E-state index contributed by atoms with van der Waals surface area (Å²) in [7, 11) is 0. The smallest absolute Gasteiger partial charge is 0.140 e. The Balaban J connectivity index is 2.13. The van der Waals surface area contributed by atoms with Gasteiger partial charge in [-0.15, -0.1) is 0 Å². The third kappa shape index (κ3) is 2.60. The van der Waals surface area contributed by atoms with Gasteiger partial charge < -0.3 is 10.5 Å². The fourth-order valence-electron chi connectivity index (χ4n) is 2.19. The molecule has 1 aromatic carbocycles. The molecule has 1 unspecified atom stereocenters. The summed E-state index contributed by atoms with van der Waals surface area (Å²) in [5, 5.41) is 0. The van der Waals surface area contributed by atoms with Crippen molar-refractivity contribution in [1.29, 1.82) is 0 Å². The number of hydrogen-bond acceptors (Lipinski definition) is 2. The maximum absolute atomic E-state index is 14.3. The van der Waals surface area contributed by atoms with Crippen molar-refractivity contribution in [3.8, 4) is 0 Å². The van der Waals surface area contributed by atoms with Gasteiger partial charge in [-0.25, -0.2) is 4.39 Å². The van der Waals surface area contributed by atoms with Crippen LogP contribution < -0.4 is 5.73 Å². The predicted octanol–water partition coefficient (Wildman–Crippen LogP) is 1.86. The Morgan fingerprint density at radius 1 is 1.31 bits per heavy atom. The quantitative estimate of drug-likeness (QED) is 0.845. The molecule has 2 N–H and O–H groups in total. The Labute approximate surface area is 95.6 Å². The highest BCUT2D eigenvalue weighted by Gasteiger charge is 2.35. The highest BCUT2D eigenvalue weighted by molar-refractivity contribution is 5.29. The monoisotopic (exact) mass is 223 g/mol. The zero-order valence-electron chi connectivity index (χ0n) is 9.42. The first-order valence-corrected chi connectivity index (χ1v) is 5.77. The van der Waals surface area contributed by atoms with E-state index >= 15 is 0 Å². The van der Waals surface area contributed by atoms with Crippen LogP contribution in [-0.2, 0) is 17.6 Å². The molecule has 1 atom stereocenters. The summed E-state index contributed by atoms with van der Waals surface area (Å²) >= 11 is 0. The first kappa shape index (κ1) is 11.6. The van der Waals surface area contributed by atoms with Crippen LogP contribution in [0.5, 0.6) is 0 Å². The third-order valence-electron chi connectivity index (χ3n) is 3.09. The first-order chi connectivity index (χ1) is 7.73. The molecule has 0 radical (unpaired) electrons. The molecule has 2 rings (SSSR count). The Bertz CT molecular complexity index is 348. The van der Waals surface area contributed by atoms with E-state index in [0.29, 0.717) is 26.0 Å². The molecule has 1 aliphatic rings. The minimum Gasteiger partial charge on any atom is -0.378 e. The van der Waals surface area contributed by atoms with Crippen LogP contribution in [0, 0.1) is 0 Å². The highest BCUT2D eigenvalue weighted by Crippen LogP contribution is 2.28. The van der Waals surface area contributed by atoms with Crippen LogP contribution in [0.3, 0.4) is 0 Å². The lowest BCUT2D eigenvalue weighted by atomic mass is 9.91. The van der Waals surface area contributed by atoms with E-state index in [-0.39, 0.29) is 6.61 Å². The van der Waals surface area contributed by atoms with Crippen molar-refractivity contribution in [2.45, 2.75) is 24.9 Å². The Morgan fingerprint density at radius 3 is 2.69 bits per heavy atom. The van der Waals surface area contributed by atoms with Crippen molar-refractivity contribution in [2.75, 3.05) is 19.8 Å². The molecule has 0 amide bonds. The molecule has 2 nitrogen and oxygen atoms in total. The molecule has 1 heterocycles. The molecule has 1 saturated heterocycles. The summed E-state index contributed by atoms with van der Waals surface area (Å²) in [5.41, 5.74) is 6.61. The zero-order chi connectivity index (χ0) is 11.4. The number of benzene rings is 1. The van der Waals surface area contributed by atoms with Crippen LogP contribution in [0.15, 0.2) is 24.3 Å². The third-order valence-corrected chi connectivity index (χ3v) is 3.09. The van der Waals surface area contributed by atoms with Crippen molar-refractivity contribution < 1.29 is 9.13 Å². The summed E-state index contributed by atoms with van der Waals surface area (Å²) in [4.78, 5) is 0. The van der Waals surface area contributed by atoms with E-state index in [0.717, 1.165) is 17.5 Å². The largest absolute Gasteiger partial charge is 0.378 e. The van der Waals surface area contributed by atoms with Gasteiger partial charge in [-0.05, 0) is 24.1 Å². The van der Waals surface area contributed by atoms with Crippen molar-refractivity contribution in [1.82, 2.24) is 0 Å². The fraction of sp³-hybridized carbons (Fsp3) is 0.538. The van der Waals surface area contributed by atoms with Gasteiger partial charge in [0.15, 0.2) is 0 Å². The van der Waals surface area contributed by atoms with Crippen LogP contribution in [-0.4, -0.2) is 25.4 Å². The normalized spacial score (nSPS) is 24.9. The van der Waals surface area contributed by atoms with Gasteiger partial charge in [-0.2, -0.15) is 0 Å². The van der Waals surface area contributed by atoms with Crippen molar-refractivity contribution >= 4 is 0 Å². The average Bonchev–Trinajstić information content (AvgIpc) is 2.68. The molecule has 1 aromatic rings. The average molecular weight is 223 g/mol. The van der Waals surface area contributed by atoms with E-state index in [9.17, 15) is 4.39 Å². The molecular formula is C13H18FNO. The van der Waals surface area contributed by atoms with E-state index in [1.807, 2.05) is 24.3 Å². The van der Waals surface area contributed by atoms with Crippen molar-refractivity contribution in [2.24, 2.45) is 5.73 Å². The molecule has 0 bridgehead atoms. The number of rotatable bonds is 4. The molecule has 0 aliphatic carbocycles. The lowest BCUT2D eigenvalue weighted by Gasteiger charge is -2.19. The molecule has 0 saturated carbocycles. The zero-order valence-corrected chi connectivity index (χ0v) is 9.42. The Morgan fingerprint density at radius 2 is 2.06 bits per heavy atom. The summed E-state index contributed by atoms with van der Waals surface area (Å²) in [6, 6.07) is 7.95. The van der Waals surface area contributed by atoms with Crippen molar-refractivity contribution in [3.05, 3.63) is 35.4 Å². The van der Waals surface area contributed by atoms with E-state index in [2.05, 4.69) is 0 Å². The van der Waals surface area contributed by atoms with Gasteiger partial charge in [0.1, 0.15) is 5.67 Å². The van der Waals surface area contributed by atoms with Gasteiger partial charge in [-0.3, -0.25) is 0 Å². The minimum absolute atomic E-state index is 0.226. The molecule has 88 valence electrons. The second kappa shape index (κ2) is 4.93. The number of nitrogens with two attached hydrogens (primary N) is 1. The second-order valence-corrected chi connectivity index (χ2v) is 4.44. The predicted molar refractivity (Wildman–Crippen MR) is 62.2 cm³/mol. The van der Waals surface area contributed by atoms with E-state index in [1.54, 1.807) is 0 Å². The van der Waals surface area contributed by atoms with E-state index in [4.69, 9.17) is 10.5 Å². The lowest BCUT2D eigenvalue weighted by Crippen LogP contribution is -2.26. The van der Waals surface area contributed by atoms with E-state index in [1.165, 1.54) is 0 Å². The van der Waals surface area contributed by atoms with Gasteiger partial charge in [-0.1, -0.05) is 24.3 Å². The van der Waals surface area contributed by atoms with Crippen molar-refractivity contribution in [3.63, 3.8) is 0 Å². The molecule has 0 spiro atoms. The maximum atomic E-state index is 14.3. The highest BCUT2D eigenvalue weighted by atomic mass is 19.1. The number of alkyl halides is 1. The number of ether oxygens (including phenoxy) is 1. The van der Waals surface area contributed by atoms with Gasteiger partial charge in [0.25, 0.3) is 0 Å². The molecule has 3 heteroatoms. The summed E-state index contributed by atoms with van der Waals surface area (Å²) in [5.74, 6) is 0. The van der Waals surface area contributed by atoms with E-state index < -0.39 is 5.67 Å². The summed E-state index contributed by atoms with van der Waals surface area (Å²) in [6.45, 7) is 1.37. The maximum Gasteiger partial charge on any atom is 0.140 e. The molecule has 1 aliphatic heterocycles. The van der Waals surface area contributed by atoms with Crippen LogP contribution in [0.1, 0.15) is 17.5 Å². The molecular weight excluding hydrogens is 205 g/mol. The second-order valence-electron chi connectivity index (χ2n) is 4.44. The first-order valence-electron chi connectivity index (χ1n) is 5.77. The number of halogens is 1. The summed E-state index contributed by atoms with van der Waals surface area (Å²) in [6.07, 6.45) is 1.76. The van der Waals surface area contributed by atoms with Crippen LogP contribution in [0.4, 0.5) is 4.39 Å². The standard InChI is InChI=1S/C13H18FNO/c14-13(6-8-16-10-13)9-12-4-2-1-3-11(12)5-7-15/h1-4H,5-10,15H2. The van der Waals surface area contributed by atoms with Gasteiger partial charge >= 0.3 is 0 Å². The van der Waals surface area contributed by atoms with Gasteiger partial charge in [0, 0.05) is 19.4 Å². The lowest BCUT2D eigenvalue weighted by molar-refractivity contribution is 0.112. The fourth-order valence-corrected chi connectivity index (χ4v) is 2.19. The summed E-state index contributed by atoms with van der Waals surface area (Å²) < 4.78 is 19.4. The van der Waals surface area contributed by atoms with Crippen LogP contribution in [0.2, 0.25) is 0 Å². The minimum atomic E-state index is -1.18. The van der Waals surface area contributed by atoms with Gasteiger partial charge in [0.2, 0.25) is 0 Å².